The van der Waals surface area contributed by atoms with Crippen LogP contribution in [-0.2, 0) is 4.79 Å². The third-order valence-corrected chi connectivity index (χ3v) is 3.28. The van der Waals surface area contributed by atoms with Gasteiger partial charge in [-0.2, -0.15) is 5.10 Å². The van der Waals surface area contributed by atoms with E-state index < -0.39 is 5.97 Å². The first-order chi connectivity index (χ1) is 9.99. The fourth-order valence-electron chi connectivity index (χ4n) is 2.03. The molecular formula is C14H15N3O4. The highest BCUT2D eigenvalue weighted by Crippen LogP contribution is 2.11. The molecule has 1 unspecified atom stereocenters. The highest BCUT2D eigenvalue weighted by Gasteiger charge is 2.26. The first-order valence-corrected chi connectivity index (χ1v) is 6.44. The third-order valence-electron chi connectivity index (χ3n) is 3.28. The second-order valence-electron chi connectivity index (χ2n) is 4.71. The second-order valence-corrected chi connectivity index (χ2v) is 4.71. The smallest absolute Gasteiger partial charge is 0.335 e. The number of rotatable bonds is 5. The van der Waals surface area contributed by atoms with Crippen LogP contribution < -0.4 is 10.7 Å². The molecule has 7 nitrogen and oxygen atoms in total. The van der Waals surface area contributed by atoms with E-state index in [-0.39, 0.29) is 23.3 Å². The quantitative estimate of drug-likeness (QED) is 0.738. The summed E-state index contributed by atoms with van der Waals surface area (Å²) in [6.45, 7) is 2.10. The first-order valence-electron chi connectivity index (χ1n) is 6.44. The van der Waals surface area contributed by atoms with Crippen LogP contribution in [0, 0.1) is 5.92 Å². The summed E-state index contributed by atoms with van der Waals surface area (Å²) in [6, 6.07) is 5.65. The molecule has 1 atom stereocenters. The molecule has 110 valence electrons. The molecule has 0 saturated carbocycles. The largest absolute Gasteiger partial charge is 0.478 e. The van der Waals surface area contributed by atoms with Crippen molar-refractivity contribution in [1.29, 1.82) is 0 Å². The number of nitrogens with zero attached hydrogens (tertiary/aromatic N) is 1. The molecule has 0 bridgehead atoms. The molecule has 3 N–H and O–H groups in total. The number of hydrogen-bond acceptors (Lipinski definition) is 4. The van der Waals surface area contributed by atoms with E-state index in [1.165, 1.54) is 24.3 Å². The first kappa shape index (κ1) is 14.7. The molecule has 1 aliphatic rings. The Morgan fingerprint density at radius 3 is 2.43 bits per heavy atom. The summed E-state index contributed by atoms with van der Waals surface area (Å²) in [5.41, 5.74) is 3.60. The maximum absolute atomic E-state index is 11.9. The molecule has 1 aromatic carbocycles. The van der Waals surface area contributed by atoms with E-state index in [9.17, 15) is 14.4 Å². The van der Waals surface area contributed by atoms with Gasteiger partial charge in [-0.1, -0.05) is 0 Å². The van der Waals surface area contributed by atoms with Gasteiger partial charge in [-0.05, 0) is 37.6 Å². The predicted molar refractivity (Wildman–Crippen MR) is 75.1 cm³/mol. The molecule has 2 rings (SSSR count). The predicted octanol–water partition coefficient (Wildman–Crippen LogP) is 0.627. The Bertz CT molecular complexity index is 607. The number of hydrazone groups is 1. The van der Waals surface area contributed by atoms with Crippen LogP contribution >= 0.6 is 0 Å². The van der Waals surface area contributed by atoms with Crippen LogP contribution in [0.3, 0.4) is 0 Å². The average molecular weight is 289 g/mol. The molecule has 21 heavy (non-hydrogen) atoms. The van der Waals surface area contributed by atoms with Crippen molar-refractivity contribution < 1.29 is 19.5 Å². The zero-order valence-corrected chi connectivity index (χ0v) is 11.4. The van der Waals surface area contributed by atoms with E-state index >= 15 is 0 Å². The Balaban J connectivity index is 1.86. The van der Waals surface area contributed by atoms with Gasteiger partial charge in [-0.3, -0.25) is 9.59 Å². The van der Waals surface area contributed by atoms with Crippen LogP contribution in [0.15, 0.2) is 29.4 Å². The van der Waals surface area contributed by atoms with Crippen LogP contribution in [-0.4, -0.2) is 35.1 Å². The number of benzene rings is 1. The fraction of sp³-hybridized carbons (Fsp3) is 0.286. The zero-order chi connectivity index (χ0) is 15.4. The minimum atomic E-state index is -1.04. The SMILES string of the molecule is CC1=NNC(=O)C1CCNC(=O)c1ccc(C(=O)O)cc1. The molecule has 0 aliphatic carbocycles. The van der Waals surface area contributed by atoms with E-state index in [1.807, 2.05) is 0 Å². The normalized spacial score (nSPS) is 17.1. The maximum Gasteiger partial charge on any atom is 0.335 e. The van der Waals surface area contributed by atoms with Crippen LogP contribution in [0.4, 0.5) is 0 Å². The Hall–Kier alpha value is -2.70. The number of carbonyl (C=O) groups is 3. The van der Waals surface area contributed by atoms with Crippen molar-refractivity contribution >= 4 is 23.5 Å². The summed E-state index contributed by atoms with van der Waals surface area (Å²) in [6.07, 6.45) is 0.472. The van der Waals surface area contributed by atoms with Gasteiger partial charge in [0.15, 0.2) is 0 Å². The number of carbonyl (C=O) groups excluding carboxylic acids is 2. The van der Waals surface area contributed by atoms with Gasteiger partial charge in [0.25, 0.3) is 5.91 Å². The molecule has 0 saturated heterocycles. The maximum atomic E-state index is 11.9. The molecule has 1 heterocycles. The monoisotopic (exact) mass is 289 g/mol. The average Bonchev–Trinajstić information content (AvgIpc) is 2.79. The Kier molecular flexibility index (Phi) is 4.32. The van der Waals surface area contributed by atoms with E-state index in [0.717, 1.165) is 0 Å². The topological polar surface area (TPSA) is 108 Å². The highest BCUT2D eigenvalue weighted by molar-refractivity contribution is 6.06. The number of aromatic carboxylic acids is 1. The molecule has 0 aromatic heterocycles. The van der Waals surface area contributed by atoms with Crippen molar-refractivity contribution in [2.75, 3.05) is 6.54 Å². The van der Waals surface area contributed by atoms with Gasteiger partial charge in [0.05, 0.1) is 11.5 Å². The second kappa shape index (κ2) is 6.17. The van der Waals surface area contributed by atoms with Crippen molar-refractivity contribution in [3.8, 4) is 0 Å². The van der Waals surface area contributed by atoms with E-state index in [0.29, 0.717) is 24.2 Å². The highest BCUT2D eigenvalue weighted by atomic mass is 16.4. The lowest BCUT2D eigenvalue weighted by Gasteiger charge is -2.09. The van der Waals surface area contributed by atoms with Gasteiger partial charge in [0, 0.05) is 17.8 Å². The molecule has 0 spiro atoms. The standard InChI is InChI=1S/C14H15N3O4/c1-8-11(13(19)17-16-8)6-7-15-12(18)9-2-4-10(5-3-9)14(20)21/h2-5,11H,6-7H2,1H3,(H,15,18)(H,17,19)(H,20,21). The summed E-state index contributed by atoms with van der Waals surface area (Å²) in [7, 11) is 0. The van der Waals surface area contributed by atoms with Crippen LogP contribution in [0.25, 0.3) is 0 Å². The lowest BCUT2D eigenvalue weighted by Crippen LogP contribution is -2.30. The number of hydrogen-bond donors (Lipinski definition) is 3. The fourth-order valence-corrected chi connectivity index (χ4v) is 2.03. The van der Waals surface area contributed by atoms with Gasteiger partial charge in [0.1, 0.15) is 0 Å². The van der Waals surface area contributed by atoms with Gasteiger partial charge < -0.3 is 10.4 Å². The van der Waals surface area contributed by atoms with Crippen molar-refractivity contribution in [3.05, 3.63) is 35.4 Å². The summed E-state index contributed by atoms with van der Waals surface area (Å²) < 4.78 is 0. The van der Waals surface area contributed by atoms with E-state index in [1.54, 1.807) is 6.92 Å². The molecule has 1 aromatic rings. The van der Waals surface area contributed by atoms with Crippen LogP contribution in [0.2, 0.25) is 0 Å². The number of amides is 2. The Morgan fingerprint density at radius 2 is 1.90 bits per heavy atom. The van der Waals surface area contributed by atoms with Crippen molar-refractivity contribution in [2.45, 2.75) is 13.3 Å². The lowest BCUT2D eigenvalue weighted by molar-refractivity contribution is -0.122. The van der Waals surface area contributed by atoms with Gasteiger partial charge in [0.2, 0.25) is 5.91 Å². The van der Waals surface area contributed by atoms with E-state index in [4.69, 9.17) is 5.11 Å². The van der Waals surface area contributed by atoms with Crippen LogP contribution in [0.1, 0.15) is 34.1 Å². The third kappa shape index (κ3) is 3.44. The molecule has 2 amide bonds. The van der Waals surface area contributed by atoms with E-state index in [2.05, 4.69) is 15.8 Å². The summed E-state index contributed by atoms with van der Waals surface area (Å²) >= 11 is 0. The van der Waals surface area contributed by atoms with Gasteiger partial charge >= 0.3 is 5.97 Å². The van der Waals surface area contributed by atoms with Gasteiger partial charge in [-0.25, -0.2) is 10.2 Å². The Labute approximate surface area is 121 Å². The molecular weight excluding hydrogens is 274 g/mol. The number of carboxylic acids is 1. The Morgan fingerprint density at radius 1 is 1.29 bits per heavy atom. The molecule has 0 fully saturated rings. The molecule has 7 heteroatoms. The molecule has 1 aliphatic heterocycles. The summed E-state index contributed by atoms with van der Waals surface area (Å²) in [4.78, 5) is 34.0. The molecule has 0 radical (unpaired) electrons. The minimum absolute atomic E-state index is 0.126. The van der Waals surface area contributed by atoms with Crippen molar-refractivity contribution in [2.24, 2.45) is 11.0 Å². The lowest BCUT2D eigenvalue weighted by atomic mass is 10.0. The summed E-state index contributed by atoms with van der Waals surface area (Å²) in [5.74, 6) is -1.81. The number of carboxylic acid groups (broad SMARTS) is 1. The summed E-state index contributed by atoms with van der Waals surface area (Å²) in [5, 5.41) is 15.3. The van der Waals surface area contributed by atoms with Crippen LogP contribution in [0.5, 0.6) is 0 Å². The van der Waals surface area contributed by atoms with Gasteiger partial charge in [-0.15, -0.1) is 0 Å². The minimum Gasteiger partial charge on any atom is -0.478 e. The van der Waals surface area contributed by atoms with Crippen molar-refractivity contribution in [1.82, 2.24) is 10.7 Å². The zero-order valence-electron chi connectivity index (χ0n) is 11.4. The number of nitrogens with one attached hydrogen (secondary N) is 2. The van der Waals surface area contributed by atoms with Crippen molar-refractivity contribution in [3.63, 3.8) is 0 Å².